The first-order valence-corrected chi connectivity index (χ1v) is 9.43. The van der Waals surface area contributed by atoms with E-state index in [4.69, 9.17) is 23.9 Å². The number of aliphatic hydroxyl groups is 3. The normalized spacial score (nSPS) is 27.0. The highest BCUT2D eigenvalue weighted by atomic mass is 32.2. The zero-order valence-corrected chi connectivity index (χ0v) is 14.4. The summed E-state index contributed by atoms with van der Waals surface area (Å²) >= 11 is 0. The van der Waals surface area contributed by atoms with E-state index in [1.54, 1.807) is 0 Å². The topological polar surface area (TPSA) is 172 Å². The highest BCUT2D eigenvalue weighted by Gasteiger charge is 2.37. The van der Waals surface area contributed by atoms with E-state index in [1.165, 1.54) is 0 Å². The predicted molar refractivity (Wildman–Crippen MR) is 83.3 cm³/mol. The Hall–Kier alpha value is -1.02. The Bertz CT molecular complexity index is 499. The van der Waals surface area contributed by atoms with Crippen LogP contribution in [0.1, 0.15) is 19.3 Å². The van der Waals surface area contributed by atoms with Crippen molar-refractivity contribution in [3.63, 3.8) is 0 Å². The summed E-state index contributed by atoms with van der Waals surface area (Å²) in [6.45, 7) is -0.163. The lowest BCUT2D eigenvalue weighted by molar-refractivity contribution is -0.271. The minimum Gasteiger partial charge on any atom is -0.449 e. The second kappa shape index (κ2) is 10.9. The number of carbonyl (C=O) groups is 1. The second-order valence-corrected chi connectivity index (χ2v) is 7.10. The Balaban J connectivity index is 2.10. The fraction of sp³-hybridized carbons (Fsp3) is 0.923. The number of amides is 1. The van der Waals surface area contributed by atoms with Crippen LogP contribution in [0.15, 0.2) is 0 Å². The quantitative estimate of drug-likeness (QED) is 0.213. The molecule has 1 aliphatic rings. The van der Waals surface area contributed by atoms with Crippen LogP contribution in [0.4, 0.5) is 4.79 Å². The third-order valence-corrected chi connectivity index (χ3v) is 4.16. The predicted octanol–water partition coefficient (Wildman–Crippen LogP) is -1.77. The molecule has 1 fully saturated rings. The van der Waals surface area contributed by atoms with Crippen molar-refractivity contribution in [3.8, 4) is 0 Å². The molecule has 0 aliphatic carbocycles. The van der Waals surface area contributed by atoms with Gasteiger partial charge < -0.3 is 34.8 Å². The van der Waals surface area contributed by atoms with Crippen LogP contribution in [-0.4, -0.2) is 91.1 Å². The van der Waals surface area contributed by atoms with E-state index in [1.807, 2.05) is 0 Å². The summed E-state index contributed by atoms with van der Waals surface area (Å²) in [4.78, 5) is 11.3. The van der Waals surface area contributed by atoms with Crippen molar-refractivity contribution in [1.82, 2.24) is 5.32 Å². The Labute approximate surface area is 145 Å². The summed E-state index contributed by atoms with van der Waals surface area (Å²) in [6.07, 6.45) is -4.25. The van der Waals surface area contributed by atoms with Crippen LogP contribution in [0.2, 0.25) is 0 Å². The van der Waals surface area contributed by atoms with Gasteiger partial charge in [0.05, 0.1) is 37.8 Å². The first-order chi connectivity index (χ1) is 11.7. The highest BCUT2D eigenvalue weighted by Crippen LogP contribution is 2.21. The number of hydrogen-bond donors (Lipinski definition) is 5. The summed E-state index contributed by atoms with van der Waals surface area (Å²) in [7, 11) is -4.05. The fourth-order valence-electron chi connectivity index (χ4n) is 2.09. The summed E-state index contributed by atoms with van der Waals surface area (Å²) in [5.41, 5.74) is 0. The molecule has 148 valence electrons. The van der Waals surface area contributed by atoms with Crippen LogP contribution in [0.5, 0.6) is 0 Å². The molecule has 4 atom stereocenters. The minimum absolute atomic E-state index is 0.0128. The average Bonchev–Trinajstić information content (AvgIpc) is 2.54. The van der Waals surface area contributed by atoms with Gasteiger partial charge in [-0.05, 0) is 6.42 Å². The first kappa shape index (κ1) is 22.0. The molecule has 0 aromatic carbocycles. The van der Waals surface area contributed by atoms with Gasteiger partial charge in [-0.25, -0.2) is 4.79 Å². The maximum absolute atomic E-state index is 11.3. The molecule has 0 unspecified atom stereocenters. The molecule has 0 radical (unpaired) electrons. The van der Waals surface area contributed by atoms with Crippen molar-refractivity contribution in [3.05, 3.63) is 0 Å². The number of hydrogen-bond acceptors (Lipinski definition) is 9. The number of carbonyl (C=O) groups excluding carboxylic acids is 1. The van der Waals surface area contributed by atoms with Crippen LogP contribution in [-0.2, 0) is 24.3 Å². The summed E-state index contributed by atoms with van der Waals surface area (Å²) in [5.74, 6) is -0.453. The third-order valence-electron chi connectivity index (χ3n) is 3.36. The number of nitrogens with one attached hydrogen (secondary N) is 1. The summed E-state index contributed by atoms with van der Waals surface area (Å²) < 4.78 is 44.8. The van der Waals surface area contributed by atoms with Gasteiger partial charge in [-0.15, -0.1) is 0 Å². The van der Waals surface area contributed by atoms with Gasteiger partial charge in [0.1, 0.15) is 6.10 Å². The van der Waals surface area contributed by atoms with Crippen molar-refractivity contribution in [1.29, 1.82) is 0 Å². The lowest BCUT2D eigenvalue weighted by Gasteiger charge is -2.36. The SMILES string of the molecule is O=C(NCCCS(=O)(=O)O)OCCCO[C@@H]1O[C@H](CO)C[C@H](O)[C@H]1O. The van der Waals surface area contributed by atoms with E-state index in [-0.39, 0.29) is 39.2 Å². The zero-order chi connectivity index (χ0) is 18.9. The molecule has 1 amide bonds. The van der Waals surface area contributed by atoms with Gasteiger partial charge in [0.25, 0.3) is 10.1 Å². The van der Waals surface area contributed by atoms with Crippen molar-refractivity contribution < 1.29 is 47.3 Å². The number of rotatable bonds is 10. The highest BCUT2D eigenvalue weighted by molar-refractivity contribution is 7.85. The van der Waals surface area contributed by atoms with E-state index in [0.29, 0.717) is 6.42 Å². The van der Waals surface area contributed by atoms with Crippen LogP contribution in [0, 0.1) is 0 Å². The molecule has 5 N–H and O–H groups in total. The van der Waals surface area contributed by atoms with Gasteiger partial charge in [-0.3, -0.25) is 4.55 Å². The van der Waals surface area contributed by atoms with Gasteiger partial charge in [0, 0.05) is 19.4 Å². The van der Waals surface area contributed by atoms with Crippen LogP contribution in [0.25, 0.3) is 0 Å². The third kappa shape index (κ3) is 9.30. The Morgan fingerprint density at radius 2 is 1.96 bits per heavy atom. The molecular formula is C13H25NO10S. The van der Waals surface area contributed by atoms with E-state index >= 15 is 0 Å². The average molecular weight is 387 g/mol. The van der Waals surface area contributed by atoms with E-state index in [0.717, 1.165) is 0 Å². The van der Waals surface area contributed by atoms with Gasteiger partial charge >= 0.3 is 6.09 Å². The van der Waals surface area contributed by atoms with Crippen LogP contribution < -0.4 is 5.32 Å². The molecule has 0 aromatic heterocycles. The molecule has 12 heteroatoms. The van der Waals surface area contributed by atoms with Gasteiger partial charge in [-0.1, -0.05) is 0 Å². The molecule has 1 rings (SSSR count). The van der Waals surface area contributed by atoms with Gasteiger partial charge in [0.15, 0.2) is 6.29 Å². The Morgan fingerprint density at radius 1 is 1.24 bits per heavy atom. The minimum atomic E-state index is -4.05. The van der Waals surface area contributed by atoms with Crippen molar-refractivity contribution in [2.45, 2.75) is 43.9 Å². The standard InChI is InChI=1S/C13H25NO10S/c15-8-9-7-10(16)11(17)12(24-9)22-4-2-5-23-13(18)14-3-1-6-25(19,20)21/h9-12,15-17H,1-8H2,(H,14,18)(H,19,20,21)/t9-,10-,11+,12+/m0/s1. The van der Waals surface area contributed by atoms with E-state index < -0.39 is 46.6 Å². The lowest BCUT2D eigenvalue weighted by atomic mass is 10.0. The van der Waals surface area contributed by atoms with Gasteiger partial charge in [-0.2, -0.15) is 8.42 Å². The molecule has 25 heavy (non-hydrogen) atoms. The second-order valence-electron chi connectivity index (χ2n) is 5.53. The maximum atomic E-state index is 11.3. The molecular weight excluding hydrogens is 362 g/mol. The van der Waals surface area contributed by atoms with Crippen molar-refractivity contribution in [2.24, 2.45) is 0 Å². The molecule has 0 saturated carbocycles. The van der Waals surface area contributed by atoms with Gasteiger partial charge in [0.2, 0.25) is 0 Å². The van der Waals surface area contributed by atoms with E-state index in [2.05, 4.69) is 5.32 Å². The smallest absolute Gasteiger partial charge is 0.407 e. The number of alkyl carbamates (subject to hydrolysis) is 1. The fourth-order valence-corrected chi connectivity index (χ4v) is 2.60. The molecule has 1 aliphatic heterocycles. The molecule has 1 saturated heterocycles. The molecule has 0 spiro atoms. The van der Waals surface area contributed by atoms with Crippen molar-refractivity contribution >= 4 is 16.2 Å². The molecule has 1 heterocycles. The molecule has 0 aromatic rings. The Kier molecular flexibility index (Phi) is 9.56. The van der Waals surface area contributed by atoms with Crippen molar-refractivity contribution in [2.75, 3.05) is 32.1 Å². The molecule has 0 bridgehead atoms. The zero-order valence-electron chi connectivity index (χ0n) is 13.6. The number of ether oxygens (including phenoxy) is 3. The van der Waals surface area contributed by atoms with Crippen LogP contribution >= 0.6 is 0 Å². The molecule has 11 nitrogen and oxygen atoms in total. The largest absolute Gasteiger partial charge is 0.449 e. The monoisotopic (exact) mass is 387 g/mol. The maximum Gasteiger partial charge on any atom is 0.407 e. The number of aliphatic hydroxyl groups excluding tert-OH is 3. The summed E-state index contributed by atoms with van der Waals surface area (Å²) in [5, 5.41) is 30.7. The van der Waals surface area contributed by atoms with Crippen LogP contribution in [0.3, 0.4) is 0 Å². The Morgan fingerprint density at radius 3 is 2.60 bits per heavy atom. The van der Waals surface area contributed by atoms with E-state index in [9.17, 15) is 23.4 Å². The first-order valence-electron chi connectivity index (χ1n) is 7.82. The lowest BCUT2D eigenvalue weighted by Crippen LogP contribution is -2.50. The summed E-state index contributed by atoms with van der Waals surface area (Å²) in [6, 6.07) is 0.